The summed E-state index contributed by atoms with van der Waals surface area (Å²) in [7, 11) is 1.65. The fraction of sp³-hybridized carbons (Fsp3) is 0.538. The maximum atomic E-state index is 5.79. The second-order valence-corrected chi connectivity index (χ2v) is 6.64. The molecule has 0 saturated heterocycles. The third kappa shape index (κ3) is 5.10. The van der Waals surface area contributed by atoms with Crippen molar-refractivity contribution in [2.45, 2.75) is 19.8 Å². The van der Waals surface area contributed by atoms with Crippen LogP contribution in [0.4, 0.5) is 0 Å². The maximum absolute atomic E-state index is 5.79. The molecule has 0 aliphatic heterocycles. The predicted molar refractivity (Wildman–Crippen MR) is 86.1 cm³/mol. The molecule has 0 fully saturated rings. The van der Waals surface area contributed by atoms with Crippen molar-refractivity contribution in [1.29, 1.82) is 0 Å². The Hall–Kier alpha value is 0.260. The highest BCUT2D eigenvalue weighted by Gasteiger charge is 2.09. The van der Waals surface area contributed by atoms with Crippen LogP contribution in [0.2, 0.25) is 0 Å². The van der Waals surface area contributed by atoms with Gasteiger partial charge in [0.2, 0.25) is 0 Å². The van der Waals surface area contributed by atoms with Gasteiger partial charge in [0, 0.05) is 5.33 Å². The van der Waals surface area contributed by atoms with E-state index in [1.165, 1.54) is 6.42 Å². The Morgan fingerprint density at radius 2 is 1.72 bits per heavy atom. The van der Waals surface area contributed by atoms with Crippen LogP contribution in [-0.2, 0) is 0 Å². The summed E-state index contributed by atoms with van der Waals surface area (Å²) in [6.45, 7) is 2.97. The van der Waals surface area contributed by atoms with Crippen LogP contribution < -0.4 is 9.47 Å². The minimum absolute atomic E-state index is 0.671. The second-order valence-electron chi connectivity index (χ2n) is 4.14. The molecular formula is C13H17Br3O2. The van der Waals surface area contributed by atoms with Crippen LogP contribution in [0.25, 0.3) is 0 Å². The van der Waals surface area contributed by atoms with E-state index in [-0.39, 0.29) is 0 Å². The summed E-state index contributed by atoms with van der Waals surface area (Å²) in [4.78, 5) is 0. The third-order valence-corrected chi connectivity index (χ3v) is 4.37. The van der Waals surface area contributed by atoms with Crippen molar-refractivity contribution in [2.75, 3.05) is 19.0 Å². The molecule has 0 bridgehead atoms. The van der Waals surface area contributed by atoms with Crippen molar-refractivity contribution in [3.63, 3.8) is 0 Å². The zero-order chi connectivity index (χ0) is 13.5. The number of ether oxygens (including phenoxy) is 2. The molecule has 0 aliphatic rings. The number of hydrogen-bond donors (Lipinski definition) is 0. The van der Waals surface area contributed by atoms with Crippen LogP contribution in [0.3, 0.4) is 0 Å². The summed E-state index contributed by atoms with van der Waals surface area (Å²) < 4.78 is 12.8. The first-order valence-corrected chi connectivity index (χ1v) is 8.51. The summed E-state index contributed by atoms with van der Waals surface area (Å²) >= 11 is 10.4. The van der Waals surface area contributed by atoms with Crippen molar-refractivity contribution in [1.82, 2.24) is 0 Å². The third-order valence-electron chi connectivity index (χ3n) is 2.68. The highest BCUT2D eigenvalue weighted by Crippen LogP contribution is 2.36. The van der Waals surface area contributed by atoms with Gasteiger partial charge in [-0.3, -0.25) is 0 Å². The largest absolute Gasteiger partial charge is 0.496 e. The zero-order valence-corrected chi connectivity index (χ0v) is 15.3. The highest BCUT2D eigenvalue weighted by atomic mass is 79.9. The average Bonchev–Trinajstić information content (AvgIpc) is 2.33. The molecule has 2 nitrogen and oxygen atoms in total. The van der Waals surface area contributed by atoms with Crippen LogP contribution in [0.5, 0.6) is 11.5 Å². The molecule has 102 valence electrons. The molecule has 1 unspecified atom stereocenters. The van der Waals surface area contributed by atoms with Gasteiger partial charge in [-0.15, -0.1) is 0 Å². The van der Waals surface area contributed by atoms with Gasteiger partial charge in [-0.2, -0.15) is 0 Å². The highest BCUT2D eigenvalue weighted by molar-refractivity contribution is 9.11. The summed E-state index contributed by atoms with van der Waals surface area (Å²) in [5, 5.41) is 1.05. The normalized spacial score (nSPS) is 12.3. The molecule has 0 saturated carbocycles. The van der Waals surface area contributed by atoms with Gasteiger partial charge in [0.25, 0.3) is 0 Å². The summed E-state index contributed by atoms with van der Waals surface area (Å²) in [6.07, 6.45) is 2.23. The Balaban J connectivity index is 2.55. The molecule has 5 heteroatoms. The lowest BCUT2D eigenvalue weighted by molar-refractivity contribution is 0.280. The van der Waals surface area contributed by atoms with Crippen molar-refractivity contribution < 1.29 is 9.47 Å². The number of methoxy groups -OCH3 is 1. The minimum atomic E-state index is 0.671. The molecule has 0 N–H and O–H groups in total. The van der Waals surface area contributed by atoms with Gasteiger partial charge in [-0.25, -0.2) is 0 Å². The zero-order valence-electron chi connectivity index (χ0n) is 10.5. The van der Waals surface area contributed by atoms with Gasteiger partial charge in [0.05, 0.1) is 22.7 Å². The summed E-state index contributed by atoms with van der Waals surface area (Å²) in [5.41, 5.74) is 0. The number of alkyl halides is 1. The average molecular weight is 445 g/mol. The lowest BCUT2D eigenvalue weighted by Crippen LogP contribution is -2.05. The van der Waals surface area contributed by atoms with Gasteiger partial charge in [-0.05, 0) is 62.8 Å². The Morgan fingerprint density at radius 1 is 1.11 bits per heavy atom. The Kier molecular flexibility index (Phi) is 7.64. The topological polar surface area (TPSA) is 18.5 Å². The Bertz CT molecular complexity index is 383. The van der Waals surface area contributed by atoms with Crippen molar-refractivity contribution in [3.8, 4) is 11.5 Å². The van der Waals surface area contributed by atoms with Gasteiger partial charge in [0.15, 0.2) is 0 Å². The number of benzene rings is 1. The van der Waals surface area contributed by atoms with Gasteiger partial charge >= 0.3 is 0 Å². The van der Waals surface area contributed by atoms with Crippen LogP contribution in [-0.4, -0.2) is 19.0 Å². The summed E-state index contributed by atoms with van der Waals surface area (Å²) in [5.74, 6) is 2.31. The molecule has 1 aromatic carbocycles. The van der Waals surface area contributed by atoms with Gasteiger partial charge < -0.3 is 9.47 Å². The first-order chi connectivity index (χ1) is 8.58. The van der Waals surface area contributed by atoms with Crippen LogP contribution in [0, 0.1) is 5.92 Å². The SMILES string of the molecule is COc1cc(Br)c(OCCC(C)CCBr)cc1Br. The molecule has 0 aliphatic carbocycles. The van der Waals surface area contributed by atoms with E-state index in [0.717, 1.165) is 38.8 Å². The predicted octanol–water partition coefficient (Wildman–Crippen LogP) is 5.41. The fourth-order valence-corrected chi connectivity index (χ4v) is 3.18. The quantitative estimate of drug-likeness (QED) is 0.523. The van der Waals surface area contributed by atoms with E-state index in [2.05, 4.69) is 54.7 Å². The van der Waals surface area contributed by atoms with Crippen molar-refractivity contribution >= 4 is 47.8 Å². The smallest absolute Gasteiger partial charge is 0.134 e. The standard InChI is InChI=1S/C13H17Br3O2/c1-9(3-5-14)4-6-18-13-8-10(15)12(17-2)7-11(13)16/h7-9H,3-6H2,1-2H3. The van der Waals surface area contributed by atoms with Gasteiger partial charge in [0.1, 0.15) is 11.5 Å². The second kappa shape index (κ2) is 8.43. The fourth-order valence-electron chi connectivity index (χ4n) is 1.48. The lowest BCUT2D eigenvalue weighted by atomic mass is 10.1. The Morgan fingerprint density at radius 3 is 2.33 bits per heavy atom. The summed E-state index contributed by atoms with van der Waals surface area (Å²) in [6, 6.07) is 3.83. The van der Waals surface area contributed by atoms with E-state index in [1.54, 1.807) is 7.11 Å². The number of halogens is 3. The molecular weight excluding hydrogens is 428 g/mol. The van der Waals surface area contributed by atoms with E-state index in [4.69, 9.17) is 9.47 Å². The Labute approximate surface area is 134 Å². The first kappa shape index (κ1) is 16.3. The van der Waals surface area contributed by atoms with E-state index in [9.17, 15) is 0 Å². The molecule has 0 radical (unpaired) electrons. The van der Waals surface area contributed by atoms with E-state index >= 15 is 0 Å². The van der Waals surface area contributed by atoms with Crippen LogP contribution in [0.15, 0.2) is 21.1 Å². The van der Waals surface area contributed by atoms with Crippen molar-refractivity contribution in [3.05, 3.63) is 21.1 Å². The molecule has 18 heavy (non-hydrogen) atoms. The van der Waals surface area contributed by atoms with E-state index in [1.807, 2.05) is 12.1 Å². The molecule has 0 spiro atoms. The monoisotopic (exact) mass is 442 g/mol. The van der Waals surface area contributed by atoms with Crippen molar-refractivity contribution in [2.24, 2.45) is 5.92 Å². The van der Waals surface area contributed by atoms with Crippen LogP contribution >= 0.6 is 47.8 Å². The molecule has 1 aromatic rings. The van der Waals surface area contributed by atoms with Crippen LogP contribution in [0.1, 0.15) is 19.8 Å². The molecule has 1 rings (SSSR count). The lowest BCUT2D eigenvalue weighted by Gasteiger charge is -2.13. The minimum Gasteiger partial charge on any atom is -0.496 e. The van der Waals surface area contributed by atoms with Gasteiger partial charge in [-0.1, -0.05) is 22.9 Å². The maximum Gasteiger partial charge on any atom is 0.134 e. The van der Waals surface area contributed by atoms with E-state index < -0.39 is 0 Å². The molecule has 0 heterocycles. The first-order valence-electron chi connectivity index (χ1n) is 5.80. The molecule has 0 amide bonds. The molecule has 1 atom stereocenters. The van der Waals surface area contributed by atoms with E-state index in [0.29, 0.717) is 5.92 Å². The number of rotatable bonds is 7. The molecule has 0 aromatic heterocycles. The number of hydrogen-bond acceptors (Lipinski definition) is 2.